The van der Waals surface area contributed by atoms with Crippen LogP contribution in [-0.2, 0) is 13.0 Å². The van der Waals surface area contributed by atoms with E-state index in [4.69, 9.17) is 0 Å². The van der Waals surface area contributed by atoms with E-state index < -0.39 is 0 Å². The van der Waals surface area contributed by atoms with E-state index in [0.717, 1.165) is 23.9 Å². The van der Waals surface area contributed by atoms with Gasteiger partial charge in [0, 0.05) is 40.9 Å². The van der Waals surface area contributed by atoms with Crippen molar-refractivity contribution in [3.8, 4) is 0 Å². The van der Waals surface area contributed by atoms with Gasteiger partial charge < -0.3 is 9.88 Å². The molecule has 0 aliphatic carbocycles. The number of halogens is 1. The van der Waals surface area contributed by atoms with Gasteiger partial charge in [-0.15, -0.1) is 0 Å². The van der Waals surface area contributed by atoms with Crippen LogP contribution in [-0.4, -0.2) is 21.5 Å². The van der Waals surface area contributed by atoms with Crippen LogP contribution in [0.4, 0.5) is 0 Å². The normalized spacial score (nSPS) is 17.8. The molecule has 1 unspecified atom stereocenters. The molecule has 4 nitrogen and oxygen atoms in total. The number of rotatable bonds is 2. The van der Waals surface area contributed by atoms with Crippen molar-refractivity contribution in [3.63, 3.8) is 0 Å². The number of hydrogen-bond donors (Lipinski definition) is 1. The minimum Gasteiger partial charge on any atom is -0.349 e. The molecule has 2 aromatic rings. The van der Waals surface area contributed by atoms with Crippen molar-refractivity contribution in [3.05, 3.63) is 52.5 Å². The summed E-state index contributed by atoms with van der Waals surface area (Å²) >= 11 is 3.37. The molecule has 0 saturated carbocycles. The highest BCUT2D eigenvalue weighted by atomic mass is 79.9. The summed E-state index contributed by atoms with van der Waals surface area (Å²) in [6.07, 6.45) is 5.52. The molecule has 1 aliphatic rings. The van der Waals surface area contributed by atoms with Crippen molar-refractivity contribution in [2.75, 3.05) is 0 Å². The Bertz CT molecular complexity index is 591. The number of carbonyl (C=O) groups is 1. The Morgan fingerprint density at radius 1 is 1.37 bits per heavy atom. The molecular weight excluding hydrogens is 306 g/mol. The highest BCUT2D eigenvalue weighted by Crippen LogP contribution is 2.15. The summed E-state index contributed by atoms with van der Waals surface area (Å²) < 4.78 is 3.12. The highest BCUT2D eigenvalue weighted by Gasteiger charge is 2.20. The molecule has 0 radical (unpaired) electrons. The number of hydrogen-bond acceptors (Lipinski definition) is 2. The molecule has 0 fully saturated rings. The molecule has 3 rings (SSSR count). The molecule has 1 amide bonds. The molecule has 0 saturated heterocycles. The molecule has 98 valence electrons. The van der Waals surface area contributed by atoms with E-state index in [1.54, 1.807) is 0 Å². The number of amides is 1. The van der Waals surface area contributed by atoms with Gasteiger partial charge in [-0.05, 0) is 30.7 Å². The molecule has 0 spiro atoms. The predicted octanol–water partition coefficient (Wildman–Crippen LogP) is 2.39. The van der Waals surface area contributed by atoms with Crippen LogP contribution in [0.5, 0.6) is 0 Å². The van der Waals surface area contributed by atoms with E-state index in [1.807, 2.05) is 36.8 Å². The zero-order valence-electron chi connectivity index (χ0n) is 10.3. The van der Waals surface area contributed by atoms with Crippen molar-refractivity contribution in [2.24, 2.45) is 0 Å². The largest absolute Gasteiger partial charge is 0.349 e. The topological polar surface area (TPSA) is 46.9 Å². The molecule has 5 heteroatoms. The van der Waals surface area contributed by atoms with E-state index >= 15 is 0 Å². The van der Waals surface area contributed by atoms with Crippen molar-refractivity contribution in [1.82, 2.24) is 14.9 Å². The minimum atomic E-state index is -0.00883. The Labute approximate surface area is 120 Å². The van der Waals surface area contributed by atoms with E-state index in [-0.39, 0.29) is 11.9 Å². The van der Waals surface area contributed by atoms with Crippen LogP contribution in [0, 0.1) is 0 Å². The average molecular weight is 320 g/mol. The second-order valence-corrected chi connectivity index (χ2v) is 5.66. The van der Waals surface area contributed by atoms with Crippen LogP contribution in [0.3, 0.4) is 0 Å². The van der Waals surface area contributed by atoms with Gasteiger partial charge in [0.05, 0.1) is 6.33 Å². The number of aryl methyl sites for hydroxylation is 1. The van der Waals surface area contributed by atoms with Gasteiger partial charge in [0.1, 0.15) is 0 Å². The molecule has 1 aromatic carbocycles. The second kappa shape index (κ2) is 5.17. The Balaban J connectivity index is 1.66. The summed E-state index contributed by atoms with van der Waals surface area (Å²) in [5, 5.41) is 3.09. The molecule has 1 aromatic heterocycles. The lowest BCUT2D eigenvalue weighted by molar-refractivity contribution is 0.0931. The standard InChI is InChI=1S/C14H14BrN3O/c15-11-3-1-10(2-4-11)14(19)17-12-5-6-18-9-16-8-13(18)7-12/h1-4,8-9,12H,5-7H2,(H,17,19). The third-order valence-electron chi connectivity index (χ3n) is 3.41. The lowest BCUT2D eigenvalue weighted by Crippen LogP contribution is -2.39. The quantitative estimate of drug-likeness (QED) is 0.923. The van der Waals surface area contributed by atoms with Crippen LogP contribution in [0.2, 0.25) is 0 Å². The third kappa shape index (κ3) is 2.71. The maximum absolute atomic E-state index is 12.1. The molecule has 0 bridgehead atoms. The number of carbonyl (C=O) groups excluding carboxylic acids is 1. The molecular formula is C14H14BrN3O. The van der Waals surface area contributed by atoms with Gasteiger partial charge in [-0.2, -0.15) is 0 Å². The Hall–Kier alpha value is -1.62. The molecule has 1 aliphatic heterocycles. The van der Waals surface area contributed by atoms with E-state index in [9.17, 15) is 4.79 Å². The molecule has 2 heterocycles. The molecule has 1 atom stereocenters. The van der Waals surface area contributed by atoms with Gasteiger partial charge in [-0.25, -0.2) is 4.98 Å². The van der Waals surface area contributed by atoms with Gasteiger partial charge >= 0.3 is 0 Å². The van der Waals surface area contributed by atoms with Crippen LogP contribution in [0.1, 0.15) is 22.5 Å². The fraction of sp³-hybridized carbons (Fsp3) is 0.286. The maximum atomic E-state index is 12.1. The van der Waals surface area contributed by atoms with Crippen LogP contribution < -0.4 is 5.32 Å². The van der Waals surface area contributed by atoms with Crippen molar-refractivity contribution < 1.29 is 4.79 Å². The van der Waals surface area contributed by atoms with Gasteiger partial charge in [-0.3, -0.25) is 4.79 Å². The summed E-state index contributed by atoms with van der Waals surface area (Å²) in [6.45, 7) is 0.917. The summed E-state index contributed by atoms with van der Waals surface area (Å²) in [5.41, 5.74) is 1.88. The van der Waals surface area contributed by atoms with Crippen LogP contribution in [0.25, 0.3) is 0 Å². The van der Waals surface area contributed by atoms with E-state index in [0.29, 0.717) is 5.56 Å². The van der Waals surface area contributed by atoms with Crippen molar-refractivity contribution in [2.45, 2.75) is 25.4 Å². The summed E-state index contributed by atoms with van der Waals surface area (Å²) in [7, 11) is 0. The van der Waals surface area contributed by atoms with Crippen LogP contribution >= 0.6 is 15.9 Å². The predicted molar refractivity (Wildman–Crippen MR) is 75.9 cm³/mol. The third-order valence-corrected chi connectivity index (χ3v) is 3.94. The first-order chi connectivity index (χ1) is 9.22. The van der Waals surface area contributed by atoms with Gasteiger partial charge in [0.15, 0.2) is 0 Å². The Morgan fingerprint density at radius 2 is 2.16 bits per heavy atom. The zero-order valence-corrected chi connectivity index (χ0v) is 11.9. The molecule has 19 heavy (non-hydrogen) atoms. The SMILES string of the molecule is O=C(NC1CCn2cncc2C1)c1ccc(Br)cc1. The lowest BCUT2D eigenvalue weighted by Gasteiger charge is -2.24. The lowest BCUT2D eigenvalue weighted by atomic mass is 10.0. The summed E-state index contributed by atoms with van der Waals surface area (Å²) in [6, 6.07) is 7.61. The first kappa shape index (κ1) is 12.4. The fourth-order valence-corrected chi connectivity index (χ4v) is 2.63. The zero-order chi connectivity index (χ0) is 13.2. The minimum absolute atomic E-state index is 0.00883. The Morgan fingerprint density at radius 3 is 2.95 bits per heavy atom. The van der Waals surface area contributed by atoms with Crippen LogP contribution in [0.15, 0.2) is 41.3 Å². The first-order valence-corrected chi connectivity index (χ1v) is 7.07. The summed E-state index contributed by atoms with van der Waals surface area (Å²) in [4.78, 5) is 16.3. The maximum Gasteiger partial charge on any atom is 0.251 e. The number of aromatic nitrogens is 2. The fourth-order valence-electron chi connectivity index (χ4n) is 2.36. The number of fused-ring (bicyclic) bond motifs is 1. The van der Waals surface area contributed by atoms with E-state index in [2.05, 4.69) is 30.8 Å². The number of nitrogens with one attached hydrogen (secondary N) is 1. The molecule has 1 N–H and O–H groups in total. The number of imidazole rings is 1. The summed E-state index contributed by atoms with van der Waals surface area (Å²) in [5.74, 6) is -0.00883. The first-order valence-electron chi connectivity index (χ1n) is 6.28. The average Bonchev–Trinajstić information content (AvgIpc) is 2.87. The van der Waals surface area contributed by atoms with E-state index in [1.165, 1.54) is 5.69 Å². The van der Waals surface area contributed by atoms with Crippen molar-refractivity contribution in [1.29, 1.82) is 0 Å². The number of benzene rings is 1. The van der Waals surface area contributed by atoms with Gasteiger partial charge in [0.2, 0.25) is 0 Å². The smallest absolute Gasteiger partial charge is 0.251 e. The monoisotopic (exact) mass is 319 g/mol. The van der Waals surface area contributed by atoms with Gasteiger partial charge in [-0.1, -0.05) is 15.9 Å². The Kier molecular flexibility index (Phi) is 3.38. The second-order valence-electron chi connectivity index (χ2n) is 4.75. The van der Waals surface area contributed by atoms with Gasteiger partial charge in [0.25, 0.3) is 5.91 Å². The number of nitrogens with zero attached hydrogens (tertiary/aromatic N) is 2. The highest BCUT2D eigenvalue weighted by molar-refractivity contribution is 9.10. The van der Waals surface area contributed by atoms with Crippen molar-refractivity contribution >= 4 is 21.8 Å².